The Labute approximate surface area is 218 Å². The van der Waals surface area contributed by atoms with E-state index in [9.17, 15) is 14.4 Å². The van der Waals surface area contributed by atoms with Gasteiger partial charge in [-0.1, -0.05) is 54.2 Å². The summed E-state index contributed by atoms with van der Waals surface area (Å²) in [6.07, 6.45) is 0. The van der Waals surface area contributed by atoms with E-state index in [-0.39, 0.29) is 11.1 Å². The van der Waals surface area contributed by atoms with Gasteiger partial charge in [0, 0.05) is 35.5 Å². The number of anilines is 1. The van der Waals surface area contributed by atoms with Gasteiger partial charge in [-0.25, -0.2) is 9.59 Å². The maximum atomic E-state index is 12.5. The Morgan fingerprint density at radius 3 is 2.41 bits per heavy atom. The van der Waals surface area contributed by atoms with Crippen LogP contribution in [-0.4, -0.2) is 16.0 Å². The van der Waals surface area contributed by atoms with Crippen molar-refractivity contribution in [1.29, 1.82) is 0 Å². The molecular formula is C28H18N4O3S2. The van der Waals surface area contributed by atoms with Crippen LogP contribution in [0.1, 0.15) is 0 Å². The molecular weight excluding hydrogens is 504 g/mol. The van der Waals surface area contributed by atoms with Crippen LogP contribution in [0.4, 0.5) is 10.5 Å². The summed E-state index contributed by atoms with van der Waals surface area (Å²) in [5.74, 6) is 0. The molecule has 0 atom stereocenters. The first-order valence-corrected chi connectivity index (χ1v) is 12.9. The van der Waals surface area contributed by atoms with Gasteiger partial charge in [-0.3, -0.25) is 4.79 Å². The minimum Gasteiger partial charge on any atom is -0.351 e. The molecule has 4 aromatic carbocycles. The van der Waals surface area contributed by atoms with Gasteiger partial charge in [0.25, 0.3) is 0 Å². The number of carbonyl (C=O) groups excluding carboxylic acids is 1. The molecule has 37 heavy (non-hydrogen) atoms. The summed E-state index contributed by atoms with van der Waals surface area (Å²) in [7, 11) is 0. The Balaban J connectivity index is 0.000000136. The number of H-pyrrole nitrogens is 1. The fourth-order valence-corrected chi connectivity index (χ4v) is 6.63. The lowest BCUT2D eigenvalue weighted by atomic mass is 10.1. The van der Waals surface area contributed by atoms with Gasteiger partial charge in [-0.2, -0.15) is 4.98 Å². The van der Waals surface area contributed by atoms with E-state index in [0.29, 0.717) is 16.5 Å². The summed E-state index contributed by atoms with van der Waals surface area (Å²) < 4.78 is 1.76. The predicted molar refractivity (Wildman–Crippen MR) is 151 cm³/mol. The van der Waals surface area contributed by atoms with Crippen molar-refractivity contribution < 1.29 is 4.79 Å². The second-order valence-electron chi connectivity index (χ2n) is 8.26. The summed E-state index contributed by atoms with van der Waals surface area (Å²) in [5.41, 5.74) is 7.88. The molecule has 1 aliphatic rings. The first-order valence-electron chi connectivity index (χ1n) is 11.3. The van der Waals surface area contributed by atoms with E-state index in [2.05, 4.69) is 27.4 Å². The van der Waals surface area contributed by atoms with Gasteiger partial charge in [-0.15, -0.1) is 11.3 Å². The number of nitrogens with zero attached hydrogens (tertiary/aromatic N) is 1. The number of nitrogens with two attached hydrogens (primary N) is 1. The van der Waals surface area contributed by atoms with E-state index < -0.39 is 6.03 Å². The zero-order valence-corrected chi connectivity index (χ0v) is 20.8. The number of hydrogen-bond donors (Lipinski definition) is 3. The van der Waals surface area contributed by atoms with Crippen LogP contribution in [0.15, 0.2) is 104 Å². The van der Waals surface area contributed by atoms with Gasteiger partial charge in [0.15, 0.2) is 5.43 Å². The molecule has 180 valence electrons. The predicted octanol–water partition coefficient (Wildman–Crippen LogP) is 5.96. The smallest absolute Gasteiger partial charge is 0.345 e. The SMILES string of the molecule is NC(=O)Nc1cccc2sc3ccccc3c(=O)c12.O=c1nc2c3c(cccc3[nH]1)Sc1ccccc1-2. The molecule has 9 heteroatoms. The van der Waals surface area contributed by atoms with Gasteiger partial charge >= 0.3 is 11.7 Å². The van der Waals surface area contributed by atoms with Crippen LogP contribution in [0.5, 0.6) is 0 Å². The van der Waals surface area contributed by atoms with Gasteiger partial charge in [0.1, 0.15) is 0 Å². The molecule has 0 aliphatic carbocycles. The van der Waals surface area contributed by atoms with Crippen molar-refractivity contribution in [3.05, 3.63) is 106 Å². The van der Waals surface area contributed by atoms with Crippen molar-refractivity contribution in [1.82, 2.24) is 9.97 Å². The van der Waals surface area contributed by atoms with E-state index in [1.54, 1.807) is 30.0 Å². The van der Waals surface area contributed by atoms with Crippen LogP contribution in [-0.2, 0) is 0 Å². The molecule has 2 amide bonds. The van der Waals surface area contributed by atoms with E-state index in [1.807, 2.05) is 54.6 Å². The number of primary amides is 1. The zero-order chi connectivity index (χ0) is 25.5. The number of carbonyl (C=O) groups is 1. The quantitative estimate of drug-likeness (QED) is 0.230. The van der Waals surface area contributed by atoms with Crippen LogP contribution in [0.25, 0.3) is 42.3 Å². The zero-order valence-electron chi connectivity index (χ0n) is 19.1. The molecule has 1 aliphatic heterocycles. The summed E-state index contributed by atoms with van der Waals surface area (Å²) in [6.45, 7) is 0. The van der Waals surface area contributed by atoms with Crippen LogP contribution >= 0.6 is 23.1 Å². The molecule has 7 rings (SSSR count). The molecule has 0 fully saturated rings. The highest BCUT2D eigenvalue weighted by Gasteiger charge is 2.20. The first kappa shape index (κ1) is 23.0. The minimum atomic E-state index is -0.676. The molecule has 3 heterocycles. The third-order valence-electron chi connectivity index (χ3n) is 5.94. The number of nitrogens with one attached hydrogen (secondary N) is 2. The van der Waals surface area contributed by atoms with Gasteiger partial charge in [-0.05, 0) is 42.5 Å². The number of fused-ring (bicyclic) bond motifs is 4. The average molecular weight is 523 g/mol. The number of hydrogen-bond acceptors (Lipinski definition) is 6. The number of benzene rings is 4. The lowest BCUT2D eigenvalue weighted by molar-refractivity contribution is 0.259. The number of amides is 2. The highest BCUT2D eigenvalue weighted by molar-refractivity contribution is 7.99. The topological polar surface area (TPSA) is 118 Å². The van der Waals surface area contributed by atoms with Crippen molar-refractivity contribution in [2.45, 2.75) is 9.79 Å². The lowest BCUT2D eigenvalue weighted by Crippen LogP contribution is -2.20. The summed E-state index contributed by atoms with van der Waals surface area (Å²) in [4.78, 5) is 44.4. The monoisotopic (exact) mass is 522 g/mol. The Bertz CT molecular complexity index is 1980. The van der Waals surface area contributed by atoms with Crippen molar-refractivity contribution in [2.75, 3.05) is 5.32 Å². The van der Waals surface area contributed by atoms with Crippen LogP contribution in [0.3, 0.4) is 0 Å². The van der Waals surface area contributed by atoms with Gasteiger partial charge < -0.3 is 16.0 Å². The maximum absolute atomic E-state index is 12.5. The standard InChI is InChI=1S/C14H10N2O2S.C14H8N2OS/c15-14(18)16-9-5-3-7-11-12(9)13(17)8-4-1-2-6-10(8)19-11;17-14-15-9-5-3-7-11-12(9)13(16-14)8-4-1-2-6-10(8)18-11/h1-7H,(H3,15,16,18);1-7H,(H,15,16,17). The minimum absolute atomic E-state index is 0.0892. The molecule has 7 nitrogen and oxygen atoms in total. The third kappa shape index (κ3) is 4.14. The molecule has 6 aromatic rings. The molecule has 0 radical (unpaired) electrons. The summed E-state index contributed by atoms with van der Waals surface area (Å²) in [5, 5.41) is 4.70. The summed E-state index contributed by atoms with van der Waals surface area (Å²) >= 11 is 3.23. The van der Waals surface area contributed by atoms with Crippen molar-refractivity contribution in [2.24, 2.45) is 5.73 Å². The highest BCUT2D eigenvalue weighted by Crippen LogP contribution is 2.45. The third-order valence-corrected chi connectivity index (χ3v) is 8.21. The molecule has 0 bridgehead atoms. The number of urea groups is 1. The van der Waals surface area contributed by atoms with Crippen molar-refractivity contribution in [3.8, 4) is 11.3 Å². The molecule has 0 unspecified atom stereocenters. The largest absolute Gasteiger partial charge is 0.351 e. The molecule has 2 aromatic heterocycles. The van der Waals surface area contributed by atoms with Gasteiger partial charge in [0.2, 0.25) is 0 Å². The molecule has 0 saturated carbocycles. The fourth-order valence-electron chi connectivity index (χ4n) is 4.41. The Hall–Kier alpha value is -4.47. The van der Waals surface area contributed by atoms with E-state index in [4.69, 9.17) is 5.73 Å². The van der Waals surface area contributed by atoms with Crippen molar-refractivity contribution >= 4 is 65.9 Å². The maximum Gasteiger partial charge on any atom is 0.345 e. The molecule has 0 spiro atoms. The van der Waals surface area contributed by atoms with E-state index >= 15 is 0 Å². The fraction of sp³-hybridized carbons (Fsp3) is 0. The normalized spacial score (nSPS) is 11.6. The van der Waals surface area contributed by atoms with Crippen LogP contribution in [0.2, 0.25) is 0 Å². The second-order valence-corrected chi connectivity index (χ2v) is 10.4. The van der Waals surface area contributed by atoms with E-state index in [1.165, 1.54) is 11.3 Å². The molecule has 0 saturated heterocycles. The number of aromatic nitrogens is 2. The number of rotatable bonds is 1. The van der Waals surface area contributed by atoms with Crippen LogP contribution < -0.4 is 22.2 Å². The Morgan fingerprint density at radius 1 is 0.811 bits per heavy atom. The Kier molecular flexibility index (Phi) is 5.71. The second kappa shape index (κ2) is 9.20. The average Bonchev–Trinajstić information content (AvgIpc) is 2.89. The molecule has 4 N–H and O–H groups in total. The van der Waals surface area contributed by atoms with E-state index in [0.717, 1.165) is 41.4 Å². The Morgan fingerprint density at radius 2 is 1.54 bits per heavy atom. The number of aromatic amines is 1. The van der Waals surface area contributed by atoms with Crippen molar-refractivity contribution in [3.63, 3.8) is 0 Å². The lowest BCUT2D eigenvalue weighted by Gasteiger charge is -2.18. The first-order chi connectivity index (χ1) is 18.0. The summed E-state index contributed by atoms with van der Waals surface area (Å²) in [6, 6.07) is 26.1. The highest BCUT2D eigenvalue weighted by atomic mass is 32.2. The van der Waals surface area contributed by atoms with Crippen LogP contribution in [0, 0.1) is 0 Å². The van der Waals surface area contributed by atoms with Gasteiger partial charge in [0.05, 0.1) is 22.3 Å².